The van der Waals surface area contributed by atoms with Gasteiger partial charge in [0.2, 0.25) is 21.8 Å². The number of amides is 2. The summed E-state index contributed by atoms with van der Waals surface area (Å²) in [5, 5.41) is 2.93. The normalized spacial score (nSPS) is 15.1. The molecule has 0 bridgehead atoms. The highest BCUT2D eigenvalue weighted by Gasteiger charge is 2.31. The van der Waals surface area contributed by atoms with Crippen LogP contribution in [0.25, 0.3) is 0 Å². The van der Waals surface area contributed by atoms with E-state index in [9.17, 15) is 26.8 Å². The van der Waals surface area contributed by atoms with Crippen LogP contribution in [-0.2, 0) is 26.2 Å². The molecule has 0 radical (unpaired) electrons. The molecule has 0 saturated heterocycles. The highest BCUT2D eigenvalue weighted by Crippen LogP contribution is 2.21. The zero-order valence-electron chi connectivity index (χ0n) is 19.2. The number of nitrogens with one attached hydrogen (secondary N) is 1. The third-order valence-electron chi connectivity index (χ3n) is 5.94. The van der Waals surface area contributed by atoms with E-state index in [4.69, 9.17) is 0 Å². The number of carbonyl (C=O) groups is 2. The van der Waals surface area contributed by atoms with Gasteiger partial charge in [0.05, 0.1) is 11.9 Å². The molecule has 2 aromatic rings. The van der Waals surface area contributed by atoms with Crippen LogP contribution < -0.4 is 9.62 Å². The van der Waals surface area contributed by atoms with Crippen LogP contribution in [0.15, 0.2) is 48.5 Å². The molecule has 1 N–H and O–H groups in total. The van der Waals surface area contributed by atoms with E-state index in [2.05, 4.69) is 5.32 Å². The Morgan fingerprint density at radius 1 is 1.09 bits per heavy atom. The van der Waals surface area contributed by atoms with Crippen molar-refractivity contribution in [3.05, 3.63) is 65.7 Å². The molecule has 10 heteroatoms. The summed E-state index contributed by atoms with van der Waals surface area (Å²) in [6.45, 7) is 0.624. The molecule has 1 atom stereocenters. The first-order chi connectivity index (χ1) is 16.1. The standard InChI is InChI=1S/C24H29F2N3O4S/c1-17(24(31)27-20-10-4-5-11-20)28(15-18-8-3-6-13-22(18)26)23(30)16-29(34(2,32)33)21-12-7-9-19(25)14-21/h3,6-9,12-14,17,20H,4-5,10-11,15-16H2,1-2H3,(H,27,31). The minimum atomic E-state index is -3.96. The zero-order valence-corrected chi connectivity index (χ0v) is 20.0. The molecular weight excluding hydrogens is 464 g/mol. The molecule has 2 aromatic carbocycles. The first-order valence-electron chi connectivity index (χ1n) is 11.1. The third kappa shape index (κ3) is 6.53. The molecular formula is C24H29F2N3O4S. The number of hydrogen-bond donors (Lipinski definition) is 1. The molecule has 1 unspecified atom stereocenters. The van der Waals surface area contributed by atoms with Crippen molar-refractivity contribution in [2.45, 2.75) is 51.2 Å². The average molecular weight is 494 g/mol. The van der Waals surface area contributed by atoms with E-state index in [0.29, 0.717) is 0 Å². The molecule has 0 spiro atoms. The topological polar surface area (TPSA) is 86.8 Å². The summed E-state index contributed by atoms with van der Waals surface area (Å²) in [6.07, 6.45) is 4.62. The average Bonchev–Trinajstić information content (AvgIpc) is 3.28. The van der Waals surface area contributed by atoms with E-state index in [1.165, 1.54) is 37.3 Å². The largest absolute Gasteiger partial charge is 0.352 e. The lowest BCUT2D eigenvalue weighted by molar-refractivity contribution is -0.139. The molecule has 1 aliphatic carbocycles. The first kappa shape index (κ1) is 25.6. The molecule has 0 aliphatic heterocycles. The maximum absolute atomic E-state index is 14.4. The van der Waals surface area contributed by atoms with Gasteiger partial charge in [-0.3, -0.25) is 13.9 Å². The lowest BCUT2D eigenvalue weighted by Gasteiger charge is -2.32. The van der Waals surface area contributed by atoms with Gasteiger partial charge in [-0.25, -0.2) is 17.2 Å². The fourth-order valence-corrected chi connectivity index (χ4v) is 4.87. The smallest absolute Gasteiger partial charge is 0.244 e. The monoisotopic (exact) mass is 493 g/mol. The summed E-state index contributed by atoms with van der Waals surface area (Å²) < 4.78 is 53.8. The van der Waals surface area contributed by atoms with Gasteiger partial charge in [0.1, 0.15) is 24.2 Å². The quantitative estimate of drug-likeness (QED) is 0.581. The molecule has 1 aliphatic rings. The van der Waals surface area contributed by atoms with Gasteiger partial charge >= 0.3 is 0 Å². The van der Waals surface area contributed by atoms with Crippen molar-refractivity contribution >= 4 is 27.5 Å². The van der Waals surface area contributed by atoms with Gasteiger partial charge in [-0.05, 0) is 44.0 Å². The summed E-state index contributed by atoms with van der Waals surface area (Å²) >= 11 is 0. The minimum Gasteiger partial charge on any atom is -0.352 e. The van der Waals surface area contributed by atoms with Crippen molar-refractivity contribution in [1.82, 2.24) is 10.2 Å². The van der Waals surface area contributed by atoms with Gasteiger partial charge in [0, 0.05) is 18.2 Å². The fourth-order valence-electron chi connectivity index (χ4n) is 4.03. The molecule has 184 valence electrons. The second-order valence-corrected chi connectivity index (χ2v) is 10.4. The Morgan fingerprint density at radius 2 is 1.76 bits per heavy atom. The van der Waals surface area contributed by atoms with E-state index < -0.39 is 46.1 Å². The van der Waals surface area contributed by atoms with E-state index in [0.717, 1.165) is 53.3 Å². The zero-order chi connectivity index (χ0) is 24.9. The molecule has 1 saturated carbocycles. The lowest BCUT2D eigenvalue weighted by Crippen LogP contribution is -2.52. The van der Waals surface area contributed by atoms with Crippen LogP contribution in [0.1, 0.15) is 38.2 Å². The van der Waals surface area contributed by atoms with E-state index in [1.807, 2.05) is 0 Å². The van der Waals surface area contributed by atoms with Crippen molar-refractivity contribution in [1.29, 1.82) is 0 Å². The second kappa shape index (κ2) is 10.9. The number of benzene rings is 2. The molecule has 34 heavy (non-hydrogen) atoms. The number of rotatable bonds is 9. The fraction of sp³-hybridized carbons (Fsp3) is 0.417. The first-order valence-corrected chi connectivity index (χ1v) is 13.0. The molecule has 7 nitrogen and oxygen atoms in total. The van der Waals surface area contributed by atoms with Crippen LogP contribution in [0, 0.1) is 11.6 Å². The summed E-state index contributed by atoms with van der Waals surface area (Å²) in [6, 6.07) is 9.77. The van der Waals surface area contributed by atoms with Crippen LogP contribution in [0.2, 0.25) is 0 Å². The lowest BCUT2D eigenvalue weighted by atomic mass is 10.1. The Labute approximate surface area is 198 Å². The predicted octanol–water partition coefficient (Wildman–Crippen LogP) is 3.21. The van der Waals surface area contributed by atoms with Crippen molar-refractivity contribution in [3.8, 4) is 0 Å². The van der Waals surface area contributed by atoms with Crippen LogP contribution >= 0.6 is 0 Å². The minimum absolute atomic E-state index is 0.0141. The number of hydrogen-bond acceptors (Lipinski definition) is 4. The number of sulfonamides is 1. The van der Waals surface area contributed by atoms with Crippen molar-refractivity contribution in [3.63, 3.8) is 0 Å². The van der Waals surface area contributed by atoms with Crippen molar-refractivity contribution in [2.75, 3.05) is 17.1 Å². The number of halogens is 2. The Morgan fingerprint density at radius 3 is 2.38 bits per heavy atom. The van der Waals surface area contributed by atoms with Gasteiger partial charge in [-0.2, -0.15) is 0 Å². The van der Waals surface area contributed by atoms with E-state index >= 15 is 0 Å². The maximum Gasteiger partial charge on any atom is 0.244 e. The van der Waals surface area contributed by atoms with Gasteiger partial charge in [-0.15, -0.1) is 0 Å². The summed E-state index contributed by atoms with van der Waals surface area (Å²) in [7, 11) is -3.96. The molecule has 0 aromatic heterocycles. The second-order valence-electron chi connectivity index (χ2n) is 8.53. The number of nitrogens with zero attached hydrogens (tertiary/aromatic N) is 2. The van der Waals surface area contributed by atoms with Crippen LogP contribution in [0.5, 0.6) is 0 Å². The highest BCUT2D eigenvalue weighted by atomic mass is 32.2. The molecule has 3 rings (SSSR count). The van der Waals surface area contributed by atoms with Crippen LogP contribution in [-0.4, -0.2) is 50.0 Å². The number of carbonyl (C=O) groups excluding carboxylic acids is 2. The van der Waals surface area contributed by atoms with Gasteiger partial charge in [0.15, 0.2) is 0 Å². The van der Waals surface area contributed by atoms with Gasteiger partial charge < -0.3 is 10.2 Å². The van der Waals surface area contributed by atoms with Crippen molar-refractivity contribution in [2.24, 2.45) is 0 Å². The third-order valence-corrected chi connectivity index (χ3v) is 7.08. The van der Waals surface area contributed by atoms with E-state index in [-0.39, 0.29) is 23.8 Å². The Hall–Kier alpha value is -3.01. The van der Waals surface area contributed by atoms with Gasteiger partial charge in [-0.1, -0.05) is 37.1 Å². The van der Waals surface area contributed by atoms with Crippen LogP contribution in [0.3, 0.4) is 0 Å². The van der Waals surface area contributed by atoms with Crippen molar-refractivity contribution < 1.29 is 26.8 Å². The predicted molar refractivity (Wildman–Crippen MR) is 125 cm³/mol. The van der Waals surface area contributed by atoms with E-state index in [1.54, 1.807) is 6.07 Å². The molecule has 2 amide bonds. The maximum atomic E-state index is 14.4. The molecule has 1 fully saturated rings. The SMILES string of the molecule is CC(C(=O)NC1CCCC1)N(Cc1ccccc1F)C(=O)CN(c1cccc(F)c1)S(C)(=O)=O. The summed E-state index contributed by atoms with van der Waals surface area (Å²) in [5.74, 6) is -2.32. The molecule has 0 heterocycles. The highest BCUT2D eigenvalue weighted by molar-refractivity contribution is 7.92. The summed E-state index contributed by atoms with van der Waals surface area (Å²) in [4.78, 5) is 27.5. The number of anilines is 1. The van der Waals surface area contributed by atoms with Crippen LogP contribution in [0.4, 0.5) is 14.5 Å². The Kier molecular flexibility index (Phi) is 8.24. The Bertz CT molecular complexity index is 1140. The van der Waals surface area contributed by atoms with Gasteiger partial charge in [0.25, 0.3) is 0 Å². The Balaban J connectivity index is 1.89. The summed E-state index contributed by atoms with van der Waals surface area (Å²) in [5.41, 5.74) is 0.165.